The Morgan fingerprint density at radius 2 is 1.21 bits per heavy atom. The van der Waals surface area contributed by atoms with Crippen LogP contribution in [0.1, 0.15) is 141 Å². The fraction of sp³-hybridized carbons (Fsp3) is 0.397. The summed E-state index contributed by atoms with van der Waals surface area (Å²) in [6.45, 7) is 14.0. The largest absolute Gasteiger partial charge is 0.494 e. The zero-order valence-corrected chi connectivity index (χ0v) is 42.4. The molecule has 13 heteroatoms. The number of hydrogen-bond donors (Lipinski definition) is 1. The average molecular weight is 988 g/mol. The average Bonchev–Trinajstić information content (AvgIpc) is 3.40. The van der Waals surface area contributed by atoms with Gasteiger partial charge in [0.2, 0.25) is 6.21 Å². The van der Waals surface area contributed by atoms with Crippen LogP contribution in [-0.2, 0) is 30.2 Å². The number of ether oxygens (including phenoxy) is 6. The first kappa shape index (κ1) is 55.3. The van der Waals surface area contributed by atoms with Crippen molar-refractivity contribution in [1.82, 2.24) is 5.01 Å². The maximum absolute atomic E-state index is 13.7. The second-order valence-electron chi connectivity index (χ2n) is 17.1. The van der Waals surface area contributed by atoms with E-state index < -0.39 is 23.9 Å². The molecule has 0 saturated heterocycles. The van der Waals surface area contributed by atoms with Crippen LogP contribution in [0.15, 0.2) is 132 Å². The number of carbonyl (C=O) groups excluding carboxylic acids is 4. The first-order valence-electron chi connectivity index (χ1n) is 25.1. The fourth-order valence-corrected chi connectivity index (χ4v) is 8.85. The van der Waals surface area contributed by atoms with Crippen LogP contribution < -0.4 is 19.3 Å². The van der Waals surface area contributed by atoms with Gasteiger partial charge >= 0.3 is 23.9 Å². The standard InChI is InChI=1S/C58H70N2O10S/c1-5-9-10-17-35-60(54-42-45(6-2)51-22-15-16-23-53(51)71-54)59-43-48-41-44(34-40-69-57(63)46-25-29-49(30-26-46)65-36-18-11-13-20-38-67-55(61)7-3)24-33-52(48)70-58(64)47-27-31-50(32-28-47)66-37-19-12-14-21-39-68-56(62)8-4/h7-8,15-16,22-33,41-43,45H,3-6,9-14,17-21,34-40H2,1-2H3/p+1. The number of carbonyl (C=O) groups is 4. The molecule has 1 N–H and O–H groups in total. The molecule has 0 radical (unpaired) electrons. The van der Waals surface area contributed by atoms with E-state index in [1.54, 1.807) is 66.4 Å². The summed E-state index contributed by atoms with van der Waals surface area (Å²) in [6, 6.07) is 28.1. The Balaban J connectivity index is 1.23. The number of nitrogens with one attached hydrogen (secondary N) is 1. The second-order valence-corrected chi connectivity index (χ2v) is 18.2. The first-order valence-corrected chi connectivity index (χ1v) is 25.9. The lowest BCUT2D eigenvalue weighted by Gasteiger charge is -2.26. The van der Waals surface area contributed by atoms with Crippen molar-refractivity contribution in [2.75, 3.05) is 39.6 Å². The fourth-order valence-electron chi connectivity index (χ4n) is 7.65. The smallest absolute Gasteiger partial charge is 0.343 e. The number of hydrogen-bond acceptors (Lipinski definition) is 12. The Kier molecular flexibility index (Phi) is 24.6. The molecule has 0 spiro atoms. The van der Waals surface area contributed by atoms with E-state index in [4.69, 9.17) is 28.4 Å². The Morgan fingerprint density at radius 3 is 1.80 bits per heavy atom. The predicted molar refractivity (Wildman–Crippen MR) is 279 cm³/mol. The third-order valence-electron chi connectivity index (χ3n) is 11.7. The van der Waals surface area contributed by atoms with E-state index in [1.165, 1.54) is 16.5 Å². The SMILES string of the molecule is C=CC(=O)OCCCCCCOc1ccc(C(=O)OCCc2ccc(OC(=O)c3ccc(OCCCCCCOC(=O)C=C)cc3)c(C=[NH+]N(CCCCCC)C3=CC(CC)c4ccccc4S3)c2)cc1. The Bertz CT molecular complexity index is 2380. The molecule has 1 atom stereocenters. The van der Waals surface area contributed by atoms with Crippen LogP contribution in [0.4, 0.5) is 0 Å². The quantitative estimate of drug-likeness (QED) is 0.00924. The van der Waals surface area contributed by atoms with Crippen LogP contribution in [0.3, 0.4) is 0 Å². The van der Waals surface area contributed by atoms with Crippen molar-refractivity contribution in [3.63, 3.8) is 0 Å². The molecule has 4 aromatic carbocycles. The lowest BCUT2D eigenvalue weighted by Crippen LogP contribution is -2.80. The van der Waals surface area contributed by atoms with Gasteiger partial charge in [-0.2, -0.15) is 0 Å². The second kappa shape index (κ2) is 31.6. The van der Waals surface area contributed by atoms with E-state index in [1.807, 2.05) is 18.3 Å². The van der Waals surface area contributed by atoms with E-state index in [0.717, 1.165) is 107 Å². The lowest BCUT2D eigenvalue weighted by atomic mass is 9.96. The third kappa shape index (κ3) is 19.6. The molecule has 12 nitrogen and oxygen atoms in total. The molecular weight excluding hydrogens is 917 g/mol. The van der Waals surface area contributed by atoms with E-state index in [2.05, 4.69) is 67.5 Å². The van der Waals surface area contributed by atoms with Gasteiger partial charge in [0, 0.05) is 29.4 Å². The topological polar surface area (TPSA) is 141 Å². The Hall–Kier alpha value is -6.60. The number of fused-ring (bicyclic) bond motifs is 1. The summed E-state index contributed by atoms with van der Waals surface area (Å²) < 4.78 is 33.6. The highest BCUT2D eigenvalue weighted by Crippen LogP contribution is 2.42. The highest BCUT2D eigenvalue weighted by atomic mass is 32.2. The summed E-state index contributed by atoms with van der Waals surface area (Å²) in [7, 11) is 0. The highest BCUT2D eigenvalue weighted by Gasteiger charge is 2.25. The van der Waals surface area contributed by atoms with Crippen molar-refractivity contribution in [3.8, 4) is 17.2 Å². The molecule has 0 bridgehead atoms. The number of nitrogens with zero attached hydrogens (tertiary/aromatic N) is 1. The minimum Gasteiger partial charge on any atom is -0.494 e. The molecule has 378 valence electrons. The molecule has 1 aliphatic rings. The monoisotopic (exact) mass is 987 g/mol. The minimum absolute atomic E-state index is 0.141. The van der Waals surface area contributed by atoms with E-state index in [0.29, 0.717) is 66.8 Å². The van der Waals surface area contributed by atoms with E-state index in [-0.39, 0.29) is 12.5 Å². The molecule has 5 rings (SSSR count). The normalized spacial score (nSPS) is 12.8. The van der Waals surface area contributed by atoms with Gasteiger partial charge in [-0.3, -0.25) is 0 Å². The molecule has 0 aromatic heterocycles. The predicted octanol–water partition coefficient (Wildman–Crippen LogP) is 11.1. The summed E-state index contributed by atoms with van der Waals surface area (Å²) in [4.78, 5) is 50.4. The number of hydrazine groups is 1. The molecule has 0 saturated carbocycles. The van der Waals surface area contributed by atoms with Gasteiger partial charge in [-0.05, 0) is 148 Å². The summed E-state index contributed by atoms with van der Waals surface area (Å²) in [5, 5.41) is 6.92. The summed E-state index contributed by atoms with van der Waals surface area (Å²) in [5.74, 6) is 0.231. The minimum atomic E-state index is -0.508. The van der Waals surface area contributed by atoms with Crippen molar-refractivity contribution in [2.24, 2.45) is 0 Å². The van der Waals surface area contributed by atoms with Gasteiger partial charge in [-0.25, -0.2) is 19.2 Å². The van der Waals surface area contributed by atoms with Gasteiger partial charge in [0.05, 0.1) is 56.3 Å². The number of esters is 4. The molecule has 0 amide bonds. The number of benzene rings is 4. The van der Waals surface area contributed by atoms with Crippen molar-refractivity contribution in [3.05, 3.63) is 155 Å². The van der Waals surface area contributed by atoms with Crippen LogP contribution in [0.5, 0.6) is 17.2 Å². The number of hydrazone groups is 1. The summed E-state index contributed by atoms with van der Waals surface area (Å²) in [6.07, 6.45) is 19.4. The lowest BCUT2D eigenvalue weighted by molar-refractivity contribution is -0.626. The van der Waals surface area contributed by atoms with Gasteiger partial charge in [0.15, 0.2) is 0 Å². The van der Waals surface area contributed by atoms with Crippen LogP contribution in [0, 0.1) is 0 Å². The van der Waals surface area contributed by atoms with E-state index >= 15 is 0 Å². The molecule has 4 aromatic rings. The maximum Gasteiger partial charge on any atom is 0.343 e. The molecule has 1 aliphatic heterocycles. The van der Waals surface area contributed by atoms with Gasteiger partial charge < -0.3 is 28.4 Å². The number of thioether (sulfide) groups is 1. The van der Waals surface area contributed by atoms with Crippen molar-refractivity contribution in [2.45, 2.75) is 115 Å². The number of allylic oxidation sites excluding steroid dienone is 1. The molecule has 0 aliphatic carbocycles. The Morgan fingerprint density at radius 1 is 0.634 bits per heavy atom. The van der Waals surface area contributed by atoms with Crippen LogP contribution in [0.2, 0.25) is 0 Å². The van der Waals surface area contributed by atoms with Gasteiger partial charge in [-0.1, -0.05) is 82.3 Å². The first-order chi connectivity index (χ1) is 34.7. The maximum atomic E-state index is 13.7. The number of rotatable bonds is 33. The van der Waals surface area contributed by atoms with Crippen LogP contribution >= 0.6 is 11.8 Å². The van der Waals surface area contributed by atoms with Gasteiger partial charge in [0.1, 0.15) is 22.3 Å². The van der Waals surface area contributed by atoms with Crippen molar-refractivity contribution in [1.29, 1.82) is 0 Å². The van der Waals surface area contributed by atoms with E-state index in [9.17, 15) is 19.2 Å². The summed E-state index contributed by atoms with van der Waals surface area (Å²) in [5.41, 5.74) is 3.70. The molecule has 1 unspecified atom stereocenters. The zero-order valence-electron chi connectivity index (χ0n) is 41.5. The van der Waals surface area contributed by atoms with Gasteiger partial charge in [0.25, 0.3) is 0 Å². The number of unbranched alkanes of at least 4 members (excludes halogenated alkanes) is 9. The molecule has 1 heterocycles. The van der Waals surface area contributed by atoms with Crippen molar-refractivity contribution < 1.29 is 52.7 Å². The summed E-state index contributed by atoms with van der Waals surface area (Å²) >= 11 is 1.75. The molecule has 0 fully saturated rings. The Labute approximate surface area is 424 Å². The van der Waals surface area contributed by atoms with Crippen molar-refractivity contribution >= 4 is 41.9 Å². The zero-order chi connectivity index (χ0) is 50.5. The van der Waals surface area contributed by atoms with Gasteiger partial charge in [-0.15, -0.1) is 10.1 Å². The van der Waals surface area contributed by atoms with Crippen LogP contribution in [0.25, 0.3) is 0 Å². The highest BCUT2D eigenvalue weighted by molar-refractivity contribution is 8.03. The molecular formula is C58H71N2O10S+. The van der Waals surface area contributed by atoms with Crippen LogP contribution in [-0.4, -0.2) is 74.7 Å². The third-order valence-corrected chi connectivity index (χ3v) is 12.9. The molecule has 71 heavy (non-hydrogen) atoms.